The number of aliphatic hydroxyl groups excluding tert-OH is 4. The maximum Gasteiger partial charge on any atom is 0.322 e. The smallest absolute Gasteiger partial charge is 0.322 e. The van der Waals surface area contributed by atoms with Gasteiger partial charge in [0.05, 0.1) is 122 Å². The third-order valence-corrected chi connectivity index (χ3v) is 21.3. The monoisotopic (exact) mass is 1770 g/mol. The van der Waals surface area contributed by atoms with E-state index in [-0.39, 0.29) is 122 Å². The van der Waals surface area contributed by atoms with Gasteiger partial charge in [-0.1, -0.05) is 11.6 Å². The lowest BCUT2D eigenvalue weighted by atomic mass is 10.1. The first-order chi connectivity index (χ1) is 56.0. The zero-order valence-electron chi connectivity index (χ0n) is 62.7. The van der Waals surface area contributed by atoms with E-state index in [4.69, 9.17) is 36.2 Å². The molecule has 0 bridgehead atoms. The van der Waals surface area contributed by atoms with E-state index in [9.17, 15) is 76.3 Å². The highest BCUT2D eigenvalue weighted by Gasteiger charge is 2.41. The van der Waals surface area contributed by atoms with Crippen LogP contribution in [0.2, 0.25) is 5.02 Å². The average Bonchev–Trinajstić information content (AvgIpc) is 1.63. The van der Waals surface area contributed by atoms with Crippen LogP contribution in [0.25, 0.3) is 0 Å². The minimum Gasteiger partial charge on any atom is -0.393 e. The number of hydroxylamine groups is 8. The lowest BCUT2D eigenvalue weighted by Crippen LogP contribution is -2.40. The number of amides is 12. The molecule has 0 radical (unpaired) electrons. The summed E-state index contributed by atoms with van der Waals surface area (Å²) in [7, 11) is 5.90. The number of carbonyl (C=O) groups excluding carboxylic acids is 8. The van der Waals surface area contributed by atoms with Crippen molar-refractivity contribution >= 4 is 114 Å². The number of hydrogen-bond donors (Lipinski definition) is 8. The van der Waals surface area contributed by atoms with E-state index in [1.165, 1.54) is 108 Å². The van der Waals surface area contributed by atoms with Crippen LogP contribution in [0.5, 0.6) is 0 Å². The van der Waals surface area contributed by atoms with Crippen molar-refractivity contribution < 1.29 is 95.7 Å². The van der Waals surface area contributed by atoms with Crippen molar-refractivity contribution in [2.45, 2.75) is 102 Å². The summed E-state index contributed by atoms with van der Waals surface area (Å²) in [4.78, 5) is 133. The second kappa shape index (κ2) is 35.7. The number of nitrogens with one attached hydrogen (secondary N) is 4. The molecule has 0 fully saturated rings. The van der Waals surface area contributed by atoms with Gasteiger partial charge in [0.15, 0.2) is 5.82 Å². The zero-order valence-corrected chi connectivity index (χ0v) is 66.6. The van der Waals surface area contributed by atoms with Crippen LogP contribution in [0.3, 0.4) is 0 Å². The molecule has 3 aromatic carbocycles. The molecule has 8 aliphatic rings. The molecule has 117 heavy (non-hydrogen) atoms. The Balaban J connectivity index is 0.000000135. The molecular formula is C72H75Br2ClF4N22O16. The quantitative estimate of drug-likeness (QED) is 0.0696. The largest absolute Gasteiger partial charge is 0.393 e. The summed E-state index contributed by atoms with van der Waals surface area (Å²) in [5, 5.41) is 79.6. The van der Waals surface area contributed by atoms with Gasteiger partial charge in [-0.2, -0.15) is 25.7 Å². The van der Waals surface area contributed by atoms with E-state index in [1.54, 1.807) is 25.2 Å². The Morgan fingerprint density at radius 2 is 0.795 bits per heavy atom. The number of fused-ring (bicyclic) bond motifs is 12. The SMILES string of the molecule is CN1O[C@@H](CO)Cn2nc3c(c2C1=O)CN(C(=O)Nc1ccc(F)c(Cl)c1)CC3.CN1O[C@H](CO)Cn2nc3c(c2C1=O)CN(C(=O)Nc1ccc(F)c(Br)c1)CC3.CN1O[C@H](CO)Cn2nc3c(c2C1=O)CN(C(=O)Nc1ccc(F)c(C#N)c1)CC3.CN1O[C@H](CO)Cn2nc3c(c2C1=O)CN(C(=O)Nc1ccnc(Br)c1F)CC3. The van der Waals surface area contributed by atoms with Gasteiger partial charge in [-0.05, 0) is 92.5 Å². The molecule has 0 saturated heterocycles. The van der Waals surface area contributed by atoms with Crippen molar-refractivity contribution in [3.05, 3.63) is 178 Å². The van der Waals surface area contributed by atoms with Crippen molar-refractivity contribution in [1.82, 2.24) is 84.0 Å². The number of nitrogens with zero attached hydrogens (tertiary/aromatic N) is 18. The number of benzene rings is 3. The van der Waals surface area contributed by atoms with Gasteiger partial charge in [-0.3, -0.25) is 57.3 Å². The van der Waals surface area contributed by atoms with Gasteiger partial charge in [0.1, 0.15) is 75.3 Å². The summed E-state index contributed by atoms with van der Waals surface area (Å²) in [6, 6.07) is 13.3. The number of pyridine rings is 1. The van der Waals surface area contributed by atoms with Gasteiger partial charge in [0.2, 0.25) is 0 Å². The zero-order chi connectivity index (χ0) is 83.5. The van der Waals surface area contributed by atoms with Gasteiger partial charge in [0.25, 0.3) is 23.6 Å². The first-order valence-electron chi connectivity index (χ1n) is 36.2. The Morgan fingerprint density at radius 1 is 0.479 bits per heavy atom. The third kappa shape index (κ3) is 18.0. The normalized spacial score (nSPS) is 18.8. The first kappa shape index (κ1) is 83.7. The molecule has 38 nitrogen and oxygen atoms in total. The fourth-order valence-corrected chi connectivity index (χ4v) is 14.9. The van der Waals surface area contributed by atoms with Gasteiger partial charge in [-0.25, -0.2) is 62.0 Å². The Labute approximate surface area is 683 Å². The van der Waals surface area contributed by atoms with Gasteiger partial charge < -0.3 is 61.3 Å². The van der Waals surface area contributed by atoms with Crippen LogP contribution < -0.4 is 21.3 Å². The van der Waals surface area contributed by atoms with Crippen molar-refractivity contribution in [3.63, 3.8) is 0 Å². The van der Waals surface area contributed by atoms with Crippen LogP contribution in [0, 0.1) is 34.6 Å². The van der Waals surface area contributed by atoms with Gasteiger partial charge in [0, 0.05) is 126 Å². The molecule has 618 valence electrons. The summed E-state index contributed by atoms with van der Waals surface area (Å²) in [5.74, 6) is -3.88. The minimum absolute atomic E-state index is 0.00487. The first-order valence-corrected chi connectivity index (χ1v) is 38.2. The molecule has 8 N–H and O–H groups in total. The van der Waals surface area contributed by atoms with Crippen LogP contribution >= 0.6 is 43.5 Å². The number of aromatic nitrogens is 9. The summed E-state index contributed by atoms with van der Waals surface area (Å²) in [6.07, 6.45) is 0.890. The van der Waals surface area contributed by atoms with Crippen LogP contribution in [0.15, 0.2) is 75.9 Å². The number of carbonyl (C=O) groups is 8. The third-order valence-electron chi connectivity index (χ3n) is 19.8. The summed E-state index contributed by atoms with van der Waals surface area (Å²) in [6.45, 7) is 2.18. The predicted octanol–water partition coefficient (Wildman–Crippen LogP) is 5.41. The maximum absolute atomic E-state index is 14.1. The lowest BCUT2D eigenvalue weighted by Gasteiger charge is -2.27. The molecule has 0 saturated carbocycles. The second-order valence-electron chi connectivity index (χ2n) is 27.6. The highest BCUT2D eigenvalue weighted by molar-refractivity contribution is 9.10. The molecule has 5 aromatic heterocycles. The van der Waals surface area contributed by atoms with E-state index in [0.717, 1.165) is 49.1 Å². The fourth-order valence-electron chi connectivity index (χ4n) is 14.0. The van der Waals surface area contributed by atoms with E-state index < -0.39 is 77.6 Å². The minimum atomic E-state index is -0.665. The molecule has 0 spiro atoms. The molecule has 4 atom stereocenters. The van der Waals surface area contributed by atoms with Crippen molar-refractivity contribution in [1.29, 1.82) is 5.26 Å². The molecule has 16 rings (SSSR count). The fraction of sp³-hybridized carbons (Fsp3) is 0.389. The van der Waals surface area contributed by atoms with E-state index in [1.807, 2.05) is 0 Å². The maximum atomic E-state index is 14.1. The molecule has 45 heteroatoms. The molecular weight excluding hydrogens is 1700 g/mol. The Morgan fingerprint density at radius 3 is 1.12 bits per heavy atom. The van der Waals surface area contributed by atoms with Crippen LogP contribution in [-0.4, -0.2) is 257 Å². The number of rotatable bonds is 8. The number of urea groups is 4. The number of aliphatic hydroxyl groups is 4. The highest BCUT2D eigenvalue weighted by Crippen LogP contribution is 2.34. The standard InChI is InChI=1S/C19H19FN6O4.C18H19BrFN5O4.C18H19ClFN5O4.C17H18BrFN6O4/c1-24-18(28)17-14-9-25(5-4-16(14)23-26(17)8-13(10-27)30-24)19(29)22-12-2-3-15(20)11(6-12)7-21;2*1-23-17(27)16-12-8-24(18(28)21-10-2-3-14(20)13(19)6-10)5-4-15(12)22-25(16)7-11(9-26)29-23;1-23-16(27)14-10-7-24(17(28)21-12-2-4-20-15(18)13(12)19)5-3-11(10)22-25(14)6-9(8-26)29-23/h2-3,6,13,27H,4-5,8-10H2,1H3,(H,22,29);2*2-3,6,11,26H,4-5,7-9H2,1H3,(H,21,28);2,4,9,26H,3,5-8H2,1H3,(H,20,21,28)/t13-;2*11-;9-/m0010/s1. The van der Waals surface area contributed by atoms with Crippen molar-refractivity contribution in [2.24, 2.45) is 0 Å². The number of hydrogen-bond acceptors (Lipinski definition) is 22. The second-order valence-corrected chi connectivity index (χ2v) is 29.6. The molecule has 12 amide bonds. The molecule has 8 aromatic rings. The Kier molecular flexibility index (Phi) is 25.5. The summed E-state index contributed by atoms with van der Waals surface area (Å²) in [5.41, 5.74) is 7.87. The molecule has 8 aliphatic heterocycles. The van der Waals surface area contributed by atoms with Crippen molar-refractivity contribution in [2.75, 3.05) is 102 Å². The Bertz CT molecular complexity index is 5130. The highest BCUT2D eigenvalue weighted by atomic mass is 79.9. The predicted molar refractivity (Wildman–Crippen MR) is 406 cm³/mol. The number of nitriles is 1. The van der Waals surface area contributed by atoms with E-state index in [0.29, 0.717) is 114 Å². The van der Waals surface area contributed by atoms with Crippen LogP contribution in [0.1, 0.15) is 92.5 Å². The number of halogens is 7. The van der Waals surface area contributed by atoms with Gasteiger partial charge in [-0.15, -0.1) is 0 Å². The van der Waals surface area contributed by atoms with E-state index in [2.05, 4.69) is 78.5 Å². The van der Waals surface area contributed by atoms with Crippen LogP contribution in [-0.2, 0) is 97.4 Å². The van der Waals surface area contributed by atoms with Crippen molar-refractivity contribution in [3.8, 4) is 6.07 Å². The topological polar surface area (TPSA) is 436 Å². The summed E-state index contributed by atoms with van der Waals surface area (Å²) >= 11 is 11.8. The molecule has 0 aliphatic carbocycles. The molecule has 0 unspecified atom stereocenters. The van der Waals surface area contributed by atoms with E-state index >= 15 is 0 Å². The van der Waals surface area contributed by atoms with Gasteiger partial charge >= 0.3 is 24.1 Å². The summed E-state index contributed by atoms with van der Waals surface area (Å²) < 4.78 is 60.7. The molecule has 13 heterocycles. The average molecular weight is 1780 g/mol. The number of anilines is 4. The lowest BCUT2D eigenvalue weighted by molar-refractivity contribution is -0.159. The Hall–Kier alpha value is -11.2. The van der Waals surface area contributed by atoms with Crippen LogP contribution in [0.4, 0.5) is 59.5 Å².